The van der Waals surface area contributed by atoms with Crippen molar-refractivity contribution in [3.63, 3.8) is 0 Å². The summed E-state index contributed by atoms with van der Waals surface area (Å²) in [6.07, 6.45) is 1.72. The molecule has 1 amide bonds. The molecule has 0 aromatic carbocycles. The standard InChI is InChI=1S/C11H24N2O2/c1-11(2,3)12-10(15)9-13(4)7-5-6-8-14/h14H,5-9H2,1-4H3,(H,12,15). The van der Waals surface area contributed by atoms with E-state index >= 15 is 0 Å². The average Bonchev–Trinajstić information content (AvgIpc) is 2.00. The molecule has 90 valence electrons. The number of rotatable bonds is 6. The molecule has 4 nitrogen and oxygen atoms in total. The van der Waals surface area contributed by atoms with Crippen LogP contribution in [0.4, 0.5) is 0 Å². The Morgan fingerprint density at radius 1 is 1.33 bits per heavy atom. The number of nitrogens with zero attached hydrogens (tertiary/aromatic N) is 1. The summed E-state index contributed by atoms with van der Waals surface area (Å²) in [5, 5.41) is 11.5. The van der Waals surface area contributed by atoms with Crippen molar-refractivity contribution in [1.82, 2.24) is 10.2 Å². The number of carbonyl (C=O) groups excluding carboxylic acids is 1. The second-order valence-corrected chi connectivity index (χ2v) is 4.97. The molecule has 15 heavy (non-hydrogen) atoms. The summed E-state index contributed by atoms with van der Waals surface area (Å²) in [5.74, 6) is 0.0500. The van der Waals surface area contributed by atoms with Crippen LogP contribution < -0.4 is 5.32 Å². The largest absolute Gasteiger partial charge is 0.396 e. The highest BCUT2D eigenvalue weighted by Gasteiger charge is 2.14. The van der Waals surface area contributed by atoms with Gasteiger partial charge < -0.3 is 10.4 Å². The molecule has 0 aromatic rings. The first kappa shape index (κ1) is 14.4. The molecular formula is C11H24N2O2. The van der Waals surface area contributed by atoms with Crippen LogP contribution in [-0.4, -0.2) is 48.2 Å². The molecule has 0 aromatic heterocycles. The Morgan fingerprint density at radius 3 is 2.40 bits per heavy atom. The van der Waals surface area contributed by atoms with E-state index in [1.165, 1.54) is 0 Å². The Hall–Kier alpha value is -0.610. The molecule has 0 bridgehead atoms. The van der Waals surface area contributed by atoms with E-state index in [0.717, 1.165) is 19.4 Å². The Bertz CT molecular complexity index is 188. The van der Waals surface area contributed by atoms with Gasteiger partial charge in [0, 0.05) is 12.1 Å². The number of nitrogens with one attached hydrogen (secondary N) is 1. The van der Waals surface area contributed by atoms with Crippen LogP contribution >= 0.6 is 0 Å². The van der Waals surface area contributed by atoms with Crippen LogP contribution in [0.5, 0.6) is 0 Å². The highest BCUT2D eigenvalue weighted by molar-refractivity contribution is 5.78. The summed E-state index contributed by atoms with van der Waals surface area (Å²) < 4.78 is 0. The van der Waals surface area contributed by atoms with Gasteiger partial charge in [-0.1, -0.05) is 0 Å². The van der Waals surface area contributed by atoms with Gasteiger partial charge in [-0.15, -0.1) is 0 Å². The van der Waals surface area contributed by atoms with Gasteiger partial charge in [0.2, 0.25) is 5.91 Å². The van der Waals surface area contributed by atoms with Crippen molar-refractivity contribution in [2.75, 3.05) is 26.7 Å². The maximum atomic E-state index is 11.5. The average molecular weight is 216 g/mol. The number of hydrogen-bond acceptors (Lipinski definition) is 3. The predicted molar refractivity (Wildman–Crippen MR) is 61.7 cm³/mol. The van der Waals surface area contributed by atoms with Crippen LogP contribution in [0.3, 0.4) is 0 Å². The van der Waals surface area contributed by atoms with Crippen LogP contribution in [0.15, 0.2) is 0 Å². The molecule has 0 fully saturated rings. The molecule has 0 radical (unpaired) electrons. The highest BCUT2D eigenvalue weighted by Crippen LogP contribution is 1.98. The second kappa shape index (κ2) is 6.80. The third kappa shape index (κ3) is 9.69. The number of unbranched alkanes of at least 4 members (excludes halogenated alkanes) is 1. The third-order valence-corrected chi connectivity index (χ3v) is 1.88. The Morgan fingerprint density at radius 2 is 1.93 bits per heavy atom. The van der Waals surface area contributed by atoms with Gasteiger partial charge in [-0.05, 0) is 47.2 Å². The lowest BCUT2D eigenvalue weighted by molar-refractivity contribution is -0.123. The molecule has 0 aliphatic rings. The first-order valence-electron chi connectivity index (χ1n) is 5.45. The van der Waals surface area contributed by atoms with Crippen molar-refractivity contribution in [3.8, 4) is 0 Å². The summed E-state index contributed by atoms with van der Waals surface area (Å²) in [5.41, 5.74) is -0.164. The molecule has 0 aliphatic heterocycles. The van der Waals surface area contributed by atoms with Gasteiger partial charge in [0.15, 0.2) is 0 Å². The van der Waals surface area contributed by atoms with E-state index in [0.29, 0.717) is 6.54 Å². The minimum atomic E-state index is -0.164. The topological polar surface area (TPSA) is 52.6 Å². The number of carbonyl (C=O) groups is 1. The summed E-state index contributed by atoms with van der Waals surface area (Å²) in [6, 6.07) is 0. The second-order valence-electron chi connectivity index (χ2n) is 4.97. The van der Waals surface area contributed by atoms with Crippen LogP contribution in [0.25, 0.3) is 0 Å². The SMILES string of the molecule is CN(CCCCO)CC(=O)NC(C)(C)C. The molecule has 0 heterocycles. The molecule has 4 heteroatoms. The Kier molecular flexibility index (Phi) is 6.52. The van der Waals surface area contributed by atoms with E-state index in [4.69, 9.17) is 5.11 Å². The van der Waals surface area contributed by atoms with Gasteiger partial charge in [-0.3, -0.25) is 9.69 Å². The molecule has 2 N–H and O–H groups in total. The third-order valence-electron chi connectivity index (χ3n) is 1.88. The monoisotopic (exact) mass is 216 g/mol. The van der Waals surface area contributed by atoms with Crippen molar-refractivity contribution < 1.29 is 9.90 Å². The van der Waals surface area contributed by atoms with Gasteiger partial charge in [0.1, 0.15) is 0 Å². The quantitative estimate of drug-likeness (QED) is 0.639. The summed E-state index contributed by atoms with van der Waals surface area (Å²) in [7, 11) is 1.92. The van der Waals surface area contributed by atoms with Crippen molar-refractivity contribution in [1.29, 1.82) is 0 Å². The fourth-order valence-electron chi connectivity index (χ4n) is 1.28. The van der Waals surface area contributed by atoms with Gasteiger partial charge in [0.25, 0.3) is 0 Å². The Balaban J connectivity index is 3.67. The van der Waals surface area contributed by atoms with E-state index in [9.17, 15) is 4.79 Å². The minimum absolute atomic E-state index is 0.0500. The van der Waals surface area contributed by atoms with Crippen LogP contribution in [0.1, 0.15) is 33.6 Å². The lowest BCUT2D eigenvalue weighted by Gasteiger charge is -2.23. The van der Waals surface area contributed by atoms with Gasteiger partial charge in [0.05, 0.1) is 6.54 Å². The summed E-state index contributed by atoms with van der Waals surface area (Å²) in [6.45, 7) is 7.40. The molecule has 0 atom stereocenters. The zero-order chi connectivity index (χ0) is 11.9. The van der Waals surface area contributed by atoms with E-state index in [2.05, 4.69) is 5.32 Å². The summed E-state index contributed by atoms with van der Waals surface area (Å²) >= 11 is 0. The number of aliphatic hydroxyl groups excluding tert-OH is 1. The number of hydrogen-bond donors (Lipinski definition) is 2. The maximum Gasteiger partial charge on any atom is 0.234 e. The van der Waals surface area contributed by atoms with E-state index < -0.39 is 0 Å². The number of likely N-dealkylation sites (N-methyl/N-ethyl adjacent to an activating group) is 1. The predicted octanol–water partition coefficient (Wildman–Crippen LogP) is 0.605. The normalized spacial score (nSPS) is 11.9. The fourth-order valence-corrected chi connectivity index (χ4v) is 1.28. The van der Waals surface area contributed by atoms with E-state index in [1.807, 2.05) is 32.7 Å². The number of aliphatic hydroxyl groups is 1. The minimum Gasteiger partial charge on any atom is -0.396 e. The van der Waals surface area contributed by atoms with Crippen LogP contribution in [0.2, 0.25) is 0 Å². The fraction of sp³-hybridized carbons (Fsp3) is 0.909. The smallest absolute Gasteiger partial charge is 0.234 e. The van der Waals surface area contributed by atoms with Crippen molar-refractivity contribution in [2.24, 2.45) is 0 Å². The molecule has 0 spiro atoms. The molecular weight excluding hydrogens is 192 g/mol. The maximum absolute atomic E-state index is 11.5. The van der Waals surface area contributed by atoms with Crippen LogP contribution in [-0.2, 0) is 4.79 Å². The van der Waals surface area contributed by atoms with Gasteiger partial charge in [-0.25, -0.2) is 0 Å². The van der Waals surface area contributed by atoms with Gasteiger partial charge >= 0.3 is 0 Å². The van der Waals surface area contributed by atoms with Crippen molar-refractivity contribution >= 4 is 5.91 Å². The zero-order valence-electron chi connectivity index (χ0n) is 10.3. The number of amides is 1. The summed E-state index contributed by atoms with van der Waals surface area (Å²) in [4.78, 5) is 13.5. The van der Waals surface area contributed by atoms with Crippen molar-refractivity contribution in [3.05, 3.63) is 0 Å². The first-order chi connectivity index (χ1) is 6.85. The van der Waals surface area contributed by atoms with Crippen molar-refractivity contribution in [2.45, 2.75) is 39.2 Å². The lowest BCUT2D eigenvalue weighted by atomic mass is 10.1. The zero-order valence-corrected chi connectivity index (χ0v) is 10.3. The molecule has 0 saturated carbocycles. The Labute approximate surface area is 92.7 Å². The lowest BCUT2D eigenvalue weighted by Crippen LogP contribution is -2.45. The highest BCUT2D eigenvalue weighted by atomic mass is 16.2. The van der Waals surface area contributed by atoms with E-state index in [-0.39, 0.29) is 18.1 Å². The van der Waals surface area contributed by atoms with E-state index in [1.54, 1.807) is 0 Å². The molecule has 0 aliphatic carbocycles. The van der Waals surface area contributed by atoms with Crippen LogP contribution in [0, 0.1) is 0 Å². The first-order valence-corrected chi connectivity index (χ1v) is 5.45. The molecule has 0 saturated heterocycles. The molecule has 0 unspecified atom stereocenters. The van der Waals surface area contributed by atoms with Gasteiger partial charge in [-0.2, -0.15) is 0 Å². The molecule has 0 rings (SSSR count).